The van der Waals surface area contributed by atoms with Crippen LogP contribution in [-0.2, 0) is 11.2 Å². The van der Waals surface area contributed by atoms with Gasteiger partial charge in [0.1, 0.15) is 5.75 Å². The molecule has 7 heteroatoms. The zero-order valence-corrected chi connectivity index (χ0v) is 20.1. The van der Waals surface area contributed by atoms with Crippen molar-refractivity contribution in [3.05, 3.63) is 29.8 Å². The number of carbonyl (C=O) groups excluding carboxylic acids is 1. The Hall–Kier alpha value is -1.51. The Balaban J connectivity index is 0.00000300. The minimum Gasteiger partial charge on any atom is -0.484 e. The zero-order chi connectivity index (χ0) is 19.9. The summed E-state index contributed by atoms with van der Waals surface area (Å²) < 4.78 is 5.56. The molecule has 6 nitrogen and oxygen atoms in total. The molecule has 1 aromatic carbocycles. The minimum atomic E-state index is -0.0384. The maximum atomic E-state index is 11.7. The minimum absolute atomic E-state index is 0. The average Bonchev–Trinajstić information content (AvgIpc) is 3.47. The lowest BCUT2D eigenvalue weighted by Crippen LogP contribution is -2.48. The third kappa shape index (κ3) is 8.03. The molecular weight excluding hydrogens is 479 g/mol. The number of aliphatic imine (C=N–C) groups is 1. The molecule has 0 spiro atoms. The number of guanidine groups is 1. The first-order valence-electron chi connectivity index (χ1n) is 10.5. The topological polar surface area (TPSA) is 66.0 Å². The Kier molecular flexibility index (Phi) is 9.52. The van der Waals surface area contributed by atoms with Crippen molar-refractivity contribution in [3.8, 4) is 5.75 Å². The van der Waals surface area contributed by atoms with E-state index in [9.17, 15) is 4.79 Å². The lowest BCUT2D eigenvalue weighted by molar-refractivity contribution is -0.123. The van der Waals surface area contributed by atoms with Crippen LogP contribution in [-0.4, -0.2) is 56.1 Å². The molecule has 3 rings (SSSR count). The SMILES string of the molecule is CN=C(NCCc1ccc(OCC(=O)NC2CC2)cc1)N1CC(C)CC(C)C1.I. The lowest BCUT2D eigenvalue weighted by atomic mass is 9.92. The first-order chi connectivity index (χ1) is 13.5. The van der Waals surface area contributed by atoms with Gasteiger partial charge in [0.2, 0.25) is 0 Å². The number of nitrogens with one attached hydrogen (secondary N) is 2. The lowest BCUT2D eigenvalue weighted by Gasteiger charge is -2.37. The standard InChI is InChI=1S/C22H34N4O2.HI/c1-16-12-17(2)14-26(13-16)22(23-3)24-11-10-18-4-8-20(9-5-18)28-15-21(27)25-19-6-7-19;/h4-5,8-9,16-17,19H,6-7,10-15H2,1-3H3,(H,23,24)(H,25,27);1H. The van der Waals surface area contributed by atoms with Crippen LogP contribution >= 0.6 is 24.0 Å². The van der Waals surface area contributed by atoms with Crippen molar-refractivity contribution in [1.82, 2.24) is 15.5 Å². The van der Waals surface area contributed by atoms with E-state index in [1.54, 1.807) is 0 Å². The van der Waals surface area contributed by atoms with Crippen LogP contribution in [0.1, 0.15) is 38.7 Å². The largest absolute Gasteiger partial charge is 0.484 e. The Morgan fingerprint density at radius 3 is 2.41 bits per heavy atom. The number of carbonyl (C=O) groups is 1. The number of benzene rings is 1. The summed E-state index contributed by atoms with van der Waals surface area (Å²) in [6, 6.07) is 8.36. The van der Waals surface area contributed by atoms with E-state index in [2.05, 4.69) is 46.5 Å². The van der Waals surface area contributed by atoms with Gasteiger partial charge in [-0.1, -0.05) is 26.0 Å². The fourth-order valence-electron chi connectivity index (χ4n) is 3.89. The highest BCUT2D eigenvalue weighted by Crippen LogP contribution is 2.21. The van der Waals surface area contributed by atoms with Gasteiger partial charge in [-0.2, -0.15) is 0 Å². The third-order valence-corrected chi connectivity index (χ3v) is 5.31. The predicted molar refractivity (Wildman–Crippen MR) is 128 cm³/mol. The van der Waals surface area contributed by atoms with Crippen LogP contribution in [0.4, 0.5) is 0 Å². The number of halogens is 1. The Bertz CT molecular complexity index is 666. The highest BCUT2D eigenvalue weighted by Gasteiger charge is 2.24. The Labute approximate surface area is 191 Å². The first kappa shape index (κ1) is 23.8. The van der Waals surface area contributed by atoms with Crippen LogP contribution in [0.5, 0.6) is 5.75 Å². The molecule has 1 saturated heterocycles. The number of rotatable bonds is 7. The van der Waals surface area contributed by atoms with Gasteiger partial charge in [0.15, 0.2) is 12.6 Å². The molecule has 1 amide bonds. The van der Waals surface area contributed by atoms with Gasteiger partial charge in [-0.05, 0) is 55.2 Å². The molecule has 0 bridgehead atoms. The molecule has 2 aliphatic rings. The molecule has 162 valence electrons. The van der Waals surface area contributed by atoms with E-state index >= 15 is 0 Å². The molecule has 0 radical (unpaired) electrons. The first-order valence-corrected chi connectivity index (χ1v) is 10.5. The van der Waals surface area contributed by atoms with Gasteiger partial charge < -0.3 is 20.3 Å². The second-order valence-electron chi connectivity index (χ2n) is 8.35. The average molecular weight is 514 g/mol. The molecule has 1 aliphatic carbocycles. The van der Waals surface area contributed by atoms with E-state index in [0.29, 0.717) is 17.9 Å². The van der Waals surface area contributed by atoms with E-state index in [0.717, 1.165) is 50.6 Å². The highest BCUT2D eigenvalue weighted by atomic mass is 127. The van der Waals surface area contributed by atoms with Crippen LogP contribution < -0.4 is 15.4 Å². The van der Waals surface area contributed by atoms with E-state index in [4.69, 9.17) is 4.74 Å². The molecule has 0 aromatic heterocycles. The normalized spacial score (nSPS) is 21.9. The third-order valence-electron chi connectivity index (χ3n) is 5.31. The monoisotopic (exact) mass is 514 g/mol. The molecule has 2 N–H and O–H groups in total. The van der Waals surface area contributed by atoms with Crippen LogP contribution in [0.15, 0.2) is 29.3 Å². The van der Waals surface area contributed by atoms with Gasteiger partial charge >= 0.3 is 0 Å². The smallest absolute Gasteiger partial charge is 0.258 e. The van der Waals surface area contributed by atoms with Gasteiger partial charge in [-0.3, -0.25) is 9.79 Å². The Morgan fingerprint density at radius 2 is 1.83 bits per heavy atom. The van der Waals surface area contributed by atoms with E-state index < -0.39 is 0 Å². The number of amides is 1. The number of ether oxygens (including phenoxy) is 1. The second kappa shape index (κ2) is 11.6. The predicted octanol–water partition coefficient (Wildman–Crippen LogP) is 3.06. The van der Waals surface area contributed by atoms with E-state index in [-0.39, 0.29) is 36.5 Å². The molecule has 2 atom stereocenters. The van der Waals surface area contributed by atoms with Crippen LogP contribution in [0.2, 0.25) is 0 Å². The number of piperidine rings is 1. The summed E-state index contributed by atoms with van der Waals surface area (Å²) in [4.78, 5) is 18.5. The molecule has 2 unspecified atom stereocenters. The molecule has 29 heavy (non-hydrogen) atoms. The maximum absolute atomic E-state index is 11.7. The molecule has 1 saturated carbocycles. The number of hydrogen-bond acceptors (Lipinski definition) is 3. The van der Waals surface area contributed by atoms with Gasteiger partial charge in [-0.25, -0.2) is 0 Å². The summed E-state index contributed by atoms with van der Waals surface area (Å²) in [5.74, 6) is 3.11. The fraction of sp³-hybridized carbons (Fsp3) is 0.636. The van der Waals surface area contributed by atoms with Crippen molar-refractivity contribution in [3.63, 3.8) is 0 Å². The van der Waals surface area contributed by atoms with Crippen LogP contribution in [0, 0.1) is 11.8 Å². The summed E-state index contributed by atoms with van der Waals surface area (Å²) in [5.41, 5.74) is 1.23. The van der Waals surface area contributed by atoms with Crippen LogP contribution in [0.3, 0.4) is 0 Å². The molecule has 1 aromatic rings. The zero-order valence-electron chi connectivity index (χ0n) is 17.8. The van der Waals surface area contributed by atoms with Crippen molar-refractivity contribution in [1.29, 1.82) is 0 Å². The number of nitrogens with zero attached hydrogens (tertiary/aromatic N) is 2. The van der Waals surface area contributed by atoms with Crippen LogP contribution in [0.25, 0.3) is 0 Å². The summed E-state index contributed by atoms with van der Waals surface area (Å²) >= 11 is 0. The van der Waals surface area contributed by atoms with Gasteiger partial charge in [0.05, 0.1) is 0 Å². The number of hydrogen-bond donors (Lipinski definition) is 2. The molecule has 1 aliphatic heterocycles. The van der Waals surface area contributed by atoms with Crippen molar-refractivity contribution < 1.29 is 9.53 Å². The van der Waals surface area contributed by atoms with Crippen molar-refractivity contribution in [2.45, 2.75) is 45.6 Å². The Morgan fingerprint density at radius 1 is 1.17 bits per heavy atom. The fourth-order valence-corrected chi connectivity index (χ4v) is 3.89. The van der Waals surface area contributed by atoms with E-state index in [1.807, 2.05) is 19.2 Å². The number of likely N-dealkylation sites (tertiary alicyclic amines) is 1. The van der Waals surface area contributed by atoms with Crippen molar-refractivity contribution in [2.75, 3.05) is 33.3 Å². The van der Waals surface area contributed by atoms with Gasteiger partial charge in [0.25, 0.3) is 5.91 Å². The quantitative estimate of drug-likeness (QED) is 0.334. The highest BCUT2D eigenvalue weighted by molar-refractivity contribution is 14.0. The van der Waals surface area contributed by atoms with Gasteiger partial charge in [0, 0.05) is 32.7 Å². The van der Waals surface area contributed by atoms with E-state index in [1.165, 1.54) is 12.0 Å². The summed E-state index contributed by atoms with van der Waals surface area (Å²) in [6.07, 6.45) is 4.40. The van der Waals surface area contributed by atoms with Gasteiger partial charge in [-0.15, -0.1) is 24.0 Å². The molecule has 1 heterocycles. The van der Waals surface area contributed by atoms with Crippen molar-refractivity contribution in [2.24, 2.45) is 16.8 Å². The summed E-state index contributed by atoms with van der Waals surface area (Å²) in [6.45, 7) is 7.70. The molecule has 2 fully saturated rings. The van der Waals surface area contributed by atoms with Crippen molar-refractivity contribution >= 4 is 35.8 Å². The summed E-state index contributed by atoms with van der Waals surface area (Å²) in [7, 11) is 1.86. The maximum Gasteiger partial charge on any atom is 0.258 e. The summed E-state index contributed by atoms with van der Waals surface area (Å²) in [5, 5.41) is 6.42. The molecular formula is C22H35IN4O2. The second-order valence-corrected chi connectivity index (χ2v) is 8.35.